The van der Waals surface area contributed by atoms with Gasteiger partial charge in [-0.2, -0.15) is 0 Å². The highest BCUT2D eigenvalue weighted by Crippen LogP contribution is 2.32. The van der Waals surface area contributed by atoms with Crippen molar-refractivity contribution in [2.45, 2.75) is 46.2 Å². The fourth-order valence-electron chi connectivity index (χ4n) is 3.50. The zero-order valence-corrected chi connectivity index (χ0v) is 17.2. The van der Waals surface area contributed by atoms with Crippen molar-refractivity contribution in [1.29, 1.82) is 0 Å². The van der Waals surface area contributed by atoms with Crippen molar-refractivity contribution in [2.75, 3.05) is 11.5 Å². The third-order valence-electron chi connectivity index (χ3n) is 5.22. The van der Waals surface area contributed by atoms with E-state index in [2.05, 4.69) is 5.32 Å². The predicted molar refractivity (Wildman–Crippen MR) is 110 cm³/mol. The van der Waals surface area contributed by atoms with Gasteiger partial charge >= 0.3 is 0 Å². The van der Waals surface area contributed by atoms with Gasteiger partial charge in [-0.1, -0.05) is 51.1 Å². The molecular formula is C23H27FN2O3. The topological polar surface area (TPSA) is 58.6 Å². The number of nitrogens with zero attached hydrogens (tertiary/aromatic N) is 1. The van der Waals surface area contributed by atoms with Crippen molar-refractivity contribution in [1.82, 2.24) is 5.32 Å². The van der Waals surface area contributed by atoms with Gasteiger partial charge in [0.2, 0.25) is 11.8 Å². The van der Waals surface area contributed by atoms with Gasteiger partial charge in [-0.3, -0.25) is 14.5 Å². The van der Waals surface area contributed by atoms with Crippen molar-refractivity contribution in [2.24, 2.45) is 5.41 Å². The molecule has 6 heteroatoms. The number of amides is 2. The highest BCUT2D eigenvalue weighted by Gasteiger charge is 2.38. The van der Waals surface area contributed by atoms with E-state index in [1.165, 1.54) is 13.0 Å². The molecule has 0 saturated carbocycles. The second-order valence-electron chi connectivity index (χ2n) is 8.41. The second-order valence-corrected chi connectivity index (χ2v) is 8.41. The first-order valence-corrected chi connectivity index (χ1v) is 9.74. The van der Waals surface area contributed by atoms with E-state index < -0.39 is 11.9 Å². The number of para-hydroxylation sites is 2. The third-order valence-corrected chi connectivity index (χ3v) is 5.22. The molecule has 1 heterocycles. The van der Waals surface area contributed by atoms with Crippen molar-refractivity contribution < 1.29 is 18.7 Å². The van der Waals surface area contributed by atoms with Crippen LogP contribution in [-0.4, -0.2) is 30.5 Å². The van der Waals surface area contributed by atoms with Gasteiger partial charge in [-0.25, -0.2) is 4.39 Å². The van der Waals surface area contributed by atoms with E-state index in [1.807, 2.05) is 45.0 Å². The summed E-state index contributed by atoms with van der Waals surface area (Å²) in [5, 5.41) is 3.03. The average Bonchev–Trinajstić information content (AvgIpc) is 3.05. The molecule has 3 rings (SSSR count). The summed E-state index contributed by atoms with van der Waals surface area (Å²) in [4.78, 5) is 26.9. The lowest BCUT2D eigenvalue weighted by atomic mass is 9.87. The molecule has 2 atom stereocenters. The molecule has 5 nitrogen and oxygen atoms in total. The number of ether oxygens (including phenoxy) is 1. The van der Waals surface area contributed by atoms with Gasteiger partial charge in [0.25, 0.3) is 0 Å². The number of hydrogen-bond donors (Lipinski definition) is 1. The number of rotatable bonds is 5. The normalized spacial score (nSPS) is 16.9. The number of carbonyl (C=O) groups is 2. The van der Waals surface area contributed by atoms with E-state index in [4.69, 9.17) is 4.74 Å². The summed E-state index contributed by atoms with van der Waals surface area (Å²) in [6.45, 7) is 7.53. The van der Waals surface area contributed by atoms with Crippen LogP contribution in [0.5, 0.6) is 5.75 Å². The number of nitrogens with one attached hydrogen (secondary N) is 1. The minimum atomic E-state index is -0.608. The van der Waals surface area contributed by atoms with E-state index in [0.717, 1.165) is 11.3 Å². The van der Waals surface area contributed by atoms with Crippen LogP contribution in [0.2, 0.25) is 0 Å². The van der Waals surface area contributed by atoms with Crippen molar-refractivity contribution in [3.63, 3.8) is 0 Å². The minimum Gasteiger partial charge on any atom is -0.488 e. The van der Waals surface area contributed by atoms with Gasteiger partial charge in [0.05, 0.1) is 6.04 Å². The molecule has 1 aliphatic rings. The molecule has 154 valence electrons. The molecular weight excluding hydrogens is 371 g/mol. The Morgan fingerprint density at radius 3 is 2.48 bits per heavy atom. The zero-order valence-electron chi connectivity index (χ0n) is 17.2. The summed E-state index contributed by atoms with van der Waals surface area (Å²) in [7, 11) is 0. The predicted octanol–water partition coefficient (Wildman–Crippen LogP) is 3.71. The maximum absolute atomic E-state index is 13.9. The second kappa shape index (κ2) is 8.23. The molecule has 2 amide bonds. The molecule has 0 aliphatic carbocycles. The number of anilines is 1. The molecule has 29 heavy (non-hydrogen) atoms. The molecule has 1 aliphatic heterocycles. The van der Waals surface area contributed by atoms with Crippen LogP contribution in [0, 0.1) is 11.2 Å². The standard InChI is InChI=1S/C23H27FN2O3/c1-15(27)26-18-11-7-5-9-16(18)13-19(26)22(28)25-21(23(2,3)4)14-29-20-12-8-6-10-17(20)24/h5-12,19,21H,13-14H2,1-4H3,(H,25,28)/t19-,21?/m0/s1. The Hall–Kier alpha value is -2.89. The molecule has 0 spiro atoms. The molecule has 2 aromatic rings. The number of hydrogen-bond acceptors (Lipinski definition) is 3. The monoisotopic (exact) mass is 398 g/mol. The Balaban J connectivity index is 1.75. The average molecular weight is 398 g/mol. The van der Waals surface area contributed by atoms with E-state index in [9.17, 15) is 14.0 Å². The molecule has 0 aromatic heterocycles. The Labute approximate surface area is 170 Å². The molecule has 0 saturated heterocycles. The molecule has 1 N–H and O–H groups in total. The fraction of sp³-hybridized carbons (Fsp3) is 0.391. The van der Waals surface area contributed by atoms with Crippen LogP contribution in [0.25, 0.3) is 0 Å². The van der Waals surface area contributed by atoms with Gasteiger partial charge in [-0.15, -0.1) is 0 Å². The number of halogens is 1. The number of fused-ring (bicyclic) bond motifs is 1. The van der Waals surface area contributed by atoms with Crippen LogP contribution in [-0.2, 0) is 16.0 Å². The van der Waals surface area contributed by atoms with Crippen LogP contribution in [0.3, 0.4) is 0 Å². The lowest BCUT2D eigenvalue weighted by Crippen LogP contribution is -2.54. The number of benzene rings is 2. The van der Waals surface area contributed by atoms with Gasteiger partial charge in [0.15, 0.2) is 11.6 Å². The molecule has 1 unspecified atom stereocenters. The summed E-state index contributed by atoms with van der Waals surface area (Å²) in [5.74, 6) is -0.714. The summed E-state index contributed by atoms with van der Waals surface area (Å²) in [6, 6.07) is 12.8. The Morgan fingerprint density at radius 1 is 1.17 bits per heavy atom. The van der Waals surface area contributed by atoms with E-state index in [-0.39, 0.29) is 35.6 Å². The van der Waals surface area contributed by atoms with Crippen LogP contribution in [0.15, 0.2) is 48.5 Å². The van der Waals surface area contributed by atoms with Crippen LogP contribution < -0.4 is 15.0 Å². The quantitative estimate of drug-likeness (QED) is 0.835. The highest BCUT2D eigenvalue weighted by molar-refractivity contribution is 6.02. The van der Waals surface area contributed by atoms with Crippen molar-refractivity contribution in [3.05, 3.63) is 59.9 Å². The van der Waals surface area contributed by atoms with Crippen molar-refractivity contribution in [3.8, 4) is 5.75 Å². The summed E-state index contributed by atoms with van der Waals surface area (Å²) < 4.78 is 19.5. The van der Waals surface area contributed by atoms with Crippen LogP contribution in [0.1, 0.15) is 33.3 Å². The Kier molecular flexibility index (Phi) is 5.91. The summed E-state index contributed by atoms with van der Waals surface area (Å²) in [6.07, 6.45) is 0.465. The van der Waals surface area contributed by atoms with E-state index in [1.54, 1.807) is 23.1 Å². The van der Waals surface area contributed by atoms with E-state index >= 15 is 0 Å². The largest absolute Gasteiger partial charge is 0.488 e. The zero-order chi connectivity index (χ0) is 21.2. The lowest BCUT2D eigenvalue weighted by Gasteiger charge is -2.33. The van der Waals surface area contributed by atoms with Gasteiger partial charge in [-0.05, 0) is 29.2 Å². The smallest absolute Gasteiger partial charge is 0.243 e. The minimum absolute atomic E-state index is 0.121. The molecule has 2 aromatic carbocycles. The lowest BCUT2D eigenvalue weighted by molar-refractivity contribution is -0.126. The Bertz CT molecular complexity index is 907. The fourth-order valence-corrected chi connectivity index (χ4v) is 3.50. The van der Waals surface area contributed by atoms with Gasteiger partial charge < -0.3 is 10.1 Å². The summed E-state index contributed by atoms with van der Waals surface area (Å²) in [5.41, 5.74) is 1.42. The van der Waals surface area contributed by atoms with Crippen LogP contribution in [0.4, 0.5) is 10.1 Å². The molecule has 0 fully saturated rings. The van der Waals surface area contributed by atoms with Crippen molar-refractivity contribution >= 4 is 17.5 Å². The number of carbonyl (C=O) groups excluding carboxylic acids is 2. The SMILES string of the molecule is CC(=O)N1c2ccccc2C[C@H]1C(=O)NC(COc1ccccc1F)C(C)(C)C. The highest BCUT2D eigenvalue weighted by atomic mass is 19.1. The summed E-state index contributed by atoms with van der Waals surface area (Å²) >= 11 is 0. The van der Waals surface area contributed by atoms with Gasteiger partial charge in [0, 0.05) is 19.0 Å². The first kappa shape index (κ1) is 20.8. The molecule has 0 radical (unpaired) electrons. The van der Waals surface area contributed by atoms with E-state index in [0.29, 0.717) is 6.42 Å². The first-order valence-electron chi connectivity index (χ1n) is 9.74. The maximum Gasteiger partial charge on any atom is 0.243 e. The van der Waals surface area contributed by atoms with Crippen LogP contribution >= 0.6 is 0 Å². The van der Waals surface area contributed by atoms with Gasteiger partial charge in [0.1, 0.15) is 12.6 Å². The maximum atomic E-state index is 13.9. The first-order chi connectivity index (χ1) is 13.7. The molecule has 0 bridgehead atoms. The Morgan fingerprint density at radius 2 is 1.83 bits per heavy atom. The third kappa shape index (κ3) is 4.58.